The molecular formula is C7H4N4O2. The van der Waals surface area contributed by atoms with E-state index in [4.69, 9.17) is 4.52 Å². The van der Waals surface area contributed by atoms with Crippen molar-refractivity contribution in [2.24, 2.45) is 0 Å². The lowest BCUT2D eigenvalue weighted by molar-refractivity contribution is 0.111. The summed E-state index contributed by atoms with van der Waals surface area (Å²) in [7, 11) is 0. The quantitative estimate of drug-likeness (QED) is 0.613. The van der Waals surface area contributed by atoms with E-state index in [1.54, 1.807) is 6.07 Å². The van der Waals surface area contributed by atoms with Crippen molar-refractivity contribution in [1.29, 1.82) is 0 Å². The molecule has 0 atom stereocenters. The Bertz CT molecular complexity index is 395. The molecule has 0 amide bonds. The van der Waals surface area contributed by atoms with Crippen molar-refractivity contribution < 1.29 is 9.32 Å². The fourth-order valence-electron chi connectivity index (χ4n) is 0.805. The first kappa shape index (κ1) is 7.53. The SMILES string of the molecule is O=Cc1ccc(-c2ncno2)nn1. The molecule has 0 spiro atoms. The molecule has 0 aliphatic carbocycles. The van der Waals surface area contributed by atoms with Crippen LogP contribution in [-0.4, -0.2) is 26.6 Å². The van der Waals surface area contributed by atoms with Gasteiger partial charge in [0.15, 0.2) is 18.3 Å². The number of aldehydes is 1. The fraction of sp³-hybridized carbons (Fsp3) is 0. The molecule has 0 aromatic carbocycles. The highest BCUT2D eigenvalue weighted by molar-refractivity contribution is 5.71. The zero-order valence-electron chi connectivity index (χ0n) is 6.41. The van der Waals surface area contributed by atoms with Gasteiger partial charge in [0.1, 0.15) is 5.69 Å². The number of aromatic nitrogens is 4. The third-order valence-corrected chi connectivity index (χ3v) is 1.39. The highest BCUT2D eigenvalue weighted by Crippen LogP contribution is 2.10. The highest BCUT2D eigenvalue weighted by Gasteiger charge is 2.05. The second-order valence-corrected chi connectivity index (χ2v) is 2.21. The van der Waals surface area contributed by atoms with Crippen LogP contribution >= 0.6 is 0 Å². The predicted octanol–water partition coefficient (Wildman–Crippen LogP) is 0.339. The van der Waals surface area contributed by atoms with Crippen LogP contribution in [0.3, 0.4) is 0 Å². The summed E-state index contributed by atoms with van der Waals surface area (Å²) < 4.78 is 4.74. The van der Waals surface area contributed by atoms with E-state index in [1.807, 2.05) is 0 Å². The molecule has 2 heterocycles. The summed E-state index contributed by atoms with van der Waals surface area (Å²) in [5.41, 5.74) is 0.714. The van der Waals surface area contributed by atoms with Gasteiger partial charge in [-0.25, -0.2) is 0 Å². The molecule has 0 aliphatic rings. The first-order valence-electron chi connectivity index (χ1n) is 3.46. The van der Waals surface area contributed by atoms with Crippen molar-refractivity contribution in [1.82, 2.24) is 20.3 Å². The highest BCUT2D eigenvalue weighted by atomic mass is 16.5. The number of hydrogen-bond acceptors (Lipinski definition) is 6. The van der Waals surface area contributed by atoms with Crippen LogP contribution in [0.15, 0.2) is 23.0 Å². The van der Waals surface area contributed by atoms with Gasteiger partial charge in [-0.05, 0) is 12.1 Å². The van der Waals surface area contributed by atoms with Crippen LogP contribution in [0.2, 0.25) is 0 Å². The second kappa shape index (κ2) is 3.10. The van der Waals surface area contributed by atoms with Crippen molar-refractivity contribution in [2.45, 2.75) is 0 Å². The van der Waals surface area contributed by atoms with Gasteiger partial charge in [0, 0.05) is 0 Å². The maximum absolute atomic E-state index is 10.3. The lowest BCUT2D eigenvalue weighted by atomic mass is 10.3. The maximum atomic E-state index is 10.3. The average Bonchev–Trinajstić information content (AvgIpc) is 2.71. The number of rotatable bonds is 2. The number of nitrogens with zero attached hydrogens (tertiary/aromatic N) is 4. The smallest absolute Gasteiger partial charge is 0.278 e. The summed E-state index contributed by atoms with van der Waals surface area (Å²) in [6.07, 6.45) is 1.88. The molecule has 2 aromatic heterocycles. The molecular weight excluding hydrogens is 172 g/mol. The third-order valence-electron chi connectivity index (χ3n) is 1.39. The lowest BCUT2D eigenvalue weighted by Crippen LogP contribution is -1.92. The van der Waals surface area contributed by atoms with E-state index >= 15 is 0 Å². The van der Waals surface area contributed by atoms with Crippen molar-refractivity contribution >= 4 is 6.29 Å². The van der Waals surface area contributed by atoms with Gasteiger partial charge in [0.05, 0.1) is 0 Å². The molecule has 0 bridgehead atoms. The lowest BCUT2D eigenvalue weighted by Gasteiger charge is -1.90. The molecule has 64 valence electrons. The van der Waals surface area contributed by atoms with Crippen LogP contribution in [0, 0.1) is 0 Å². The van der Waals surface area contributed by atoms with Crippen LogP contribution < -0.4 is 0 Å². The molecule has 0 aliphatic heterocycles. The van der Waals surface area contributed by atoms with Gasteiger partial charge in [0.2, 0.25) is 0 Å². The van der Waals surface area contributed by atoms with Gasteiger partial charge in [-0.2, -0.15) is 4.98 Å². The Hall–Kier alpha value is -2.11. The first-order valence-corrected chi connectivity index (χ1v) is 3.46. The van der Waals surface area contributed by atoms with Gasteiger partial charge in [-0.15, -0.1) is 10.2 Å². The molecule has 0 radical (unpaired) electrons. The normalized spacial score (nSPS) is 9.85. The van der Waals surface area contributed by atoms with E-state index in [9.17, 15) is 4.79 Å². The van der Waals surface area contributed by atoms with Crippen LogP contribution in [0.25, 0.3) is 11.6 Å². The fourth-order valence-corrected chi connectivity index (χ4v) is 0.805. The molecule has 0 saturated carbocycles. The molecule has 0 unspecified atom stereocenters. The van der Waals surface area contributed by atoms with Gasteiger partial charge in [0.25, 0.3) is 5.89 Å². The Morgan fingerprint density at radius 3 is 2.77 bits per heavy atom. The van der Waals surface area contributed by atoms with Crippen molar-refractivity contribution in [2.75, 3.05) is 0 Å². The second-order valence-electron chi connectivity index (χ2n) is 2.21. The zero-order valence-corrected chi connectivity index (χ0v) is 6.41. The molecule has 6 nitrogen and oxygen atoms in total. The first-order chi connectivity index (χ1) is 6.40. The number of carbonyl (C=O) groups excluding carboxylic acids is 1. The standard InChI is InChI=1S/C7H4N4O2/c12-3-5-1-2-6(11-10-5)7-8-4-9-13-7/h1-4H. The van der Waals surface area contributed by atoms with E-state index < -0.39 is 0 Å². The average molecular weight is 176 g/mol. The topological polar surface area (TPSA) is 81.8 Å². The van der Waals surface area contributed by atoms with Crippen LogP contribution in [0.5, 0.6) is 0 Å². The molecule has 0 saturated heterocycles. The molecule has 0 N–H and O–H groups in total. The van der Waals surface area contributed by atoms with E-state index in [-0.39, 0.29) is 11.6 Å². The molecule has 2 rings (SSSR count). The van der Waals surface area contributed by atoms with Gasteiger partial charge in [-0.1, -0.05) is 5.16 Å². The Labute approximate surface area is 72.6 Å². The van der Waals surface area contributed by atoms with Crippen LogP contribution in [0.4, 0.5) is 0 Å². The molecule has 2 aromatic rings. The Morgan fingerprint density at radius 2 is 2.23 bits per heavy atom. The van der Waals surface area contributed by atoms with Gasteiger partial charge in [-0.3, -0.25) is 4.79 Å². The minimum atomic E-state index is 0.267. The summed E-state index contributed by atoms with van der Waals surface area (Å²) in [6.45, 7) is 0. The molecule has 0 fully saturated rings. The van der Waals surface area contributed by atoms with E-state index in [0.717, 1.165) is 0 Å². The third kappa shape index (κ3) is 1.41. The Morgan fingerprint density at radius 1 is 1.31 bits per heavy atom. The minimum Gasteiger partial charge on any atom is -0.332 e. The van der Waals surface area contributed by atoms with Crippen molar-refractivity contribution in [3.63, 3.8) is 0 Å². The van der Waals surface area contributed by atoms with Crippen molar-refractivity contribution in [3.05, 3.63) is 24.2 Å². The zero-order chi connectivity index (χ0) is 9.10. The minimum absolute atomic E-state index is 0.267. The van der Waals surface area contributed by atoms with Gasteiger partial charge >= 0.3 is 0 Å². The summed E-state index contributed by atoms with van der Waals surface area (Å²) in [5.74, 6) is 0.282. The number of hydrogen-bond donors (Lipinski definition) is 0. The largest absolute Gasteiger partial charge is 0.332 e. The van der Waals surface area contributed by atoms with E-state index in [0.29, 0.717) is 12.0 Å². The van der Waals surface area contributed by atoms with E-state index in [1.165, 1.54) is 12.4 Å². The van der Waals surface area contributed by atoms with E-state index in [2.05, 4.69) is 20.3 Å². The van der Waals surface area contributed by atoms with Crippen molar-refractivity contribution in [3.8, 4) is 11.6 Å². The van der Waals surface area contributed by atoms with Gasteiger partial charge < -0.3 is 4.52 Å². The summed E-state index contributed by atoms with van der Waals surface area (Å²) >= 11 is 0. The summed E-state index contributed by atoms with van der Waals surface area (Å²) in [4.78, 5) is 14.0. The maximum Gasteiger partial charge on any atom is 0.278 e. The Balaban J connectivity index is 2.38. The predicted molar refractivity (Wildman–Crippen MR) is 40.7 cm³/mol. The molecule has 13 heavy (non-hydrogen) atoms. The summed E-state index contributed by atoms with van der Waals surface area (Å²) in [6, 6.07) is 3.11. The number of carbonyl (C=O) groups is 1. The van der Waals surface area contributed by atoms with Crippen LogP contribution in [0.1, 0.15) is 10.5 Å². The van der Waals surface area contributed by atoms with Crippen LogP contribution in [-0.2, 0) is 0 Å². The monoisotopic (exact) mass is 176 g/mol. The molecule has 6 heteroatoms. The Kier molecular flexibility index (Phi) is 1.79. The summed E-state index contributed by atoms with van der Waals surface area (Å²) in [5, 5.41) is 10.7.